The largest absolute Gasteiger partial charge is 0.493 e. The Morgan fingerprint density at radius 1 is 0.540 bits per heavy atom. The van der Waals surface area contributed by atoms with E-state index in [1.807, 2.05) is 146 Å². The summed E-state index contributed by atoms with van der Waals surface area (Å²) in [5.74, 6) is -0.898. The molecule has 7 heteroatoms. The molecule has 2 N–H and O–H groups in total. The van der Waals surface area contributed by atoms with Crippen molar-refractivity contribution in [3.05, 3.63) is 202 Å². The molecule has 0 saturated carbocycles. The van der Waals surface area contributed by atoms with Gasteiger partial charge < -0.3 is 20.1 Å². The first-order valence-electron chi connectivity index (χ1n) is 16.4. The molecule has 250 valence electrons. The van der Waals surface area contributed by atoms with Gasteiger partial charge >= 0.3 is 0 Å². The number of ether oxygens (including phenoxy) is 2. The number of benzene rings is 6. The minimum Gasteiger partial charge on any atom is -0.493 e. The van der Waals surface area contributed by atoms with E-state index >= 15 is 0 Å². The Labute approximate surface area is 297 Å². The molecule has 6 aromatic carbocycles. The second-order valence-corrected chi connectivity index (χ2v) is 12.2. The molecule has 0 aromatic heterocycles. The molecule has 0 fully saturated rings. The molecule has 0 aliphatic heterocycles. The summed E-state index contributed by atoms with van der Waals surface area (Å²) < 4.78 is 11.9. The normalized spacial score (nSPS) is 11.0. The monoisotopic (exact) mass is 680 g/mol. The maximum absolute atomic E-state index is 14.4. The lowest BCUT2D eigenvalue weighted by Crippen LogP contribution is -2.44. The van der Waals surface area contributed by atoms with Crippen molar-refractivity contribution in [2.24, 2.45) is 0 Å². The van der Waals surface area contributed by atoms with Gasteiger partial charge in [-0.15, -0.1) is 0 Å². The van der Waals surface area contributed by atoms with Crippen molar-refractivity contribution in [3.63, 3.8) is 0 Å². The highest BCUT2D eigenvalue weighted by molar-refractivity contribution is 6.31. The van der Waals surface area contributed by atoms with Crippen molar-refractivity contribution in [2.45, 2.75) is 24.6 Å². The van der Waals surface area contributed by atoms with E-state index in [-0.39, 0.29) is 18.4 Å². The number of hydrogen-bond acceptors (Lipinski definition) is 4. The summed E-state index contributed by atoms with van der Waals surface area (Å²) in [5, 5.41) is 6.94. The van der Waals surface area contributed by atoms with Crippen LogP contribution in [0, 0.1) is 0 Å². The average Bonchev–Trinajstić information content (AvgIpc) is 3.16. The van der Waals surface area contributed by atoms with Crippen molar-refractivity contribution in [3.8, 4) is 11.5 Å². The Kier molecular flexibility index (Phi) is 11.2. The highest BCUT2D eigenvalue weighted by atomic mass is 35.5. The molecule has 0 aliphatic rings. The van der Waals surface area contributed by atoms with Gasteiger partial charge in [-0.25, -0.2) is 0 Å². The summed E-state index contributed by atoms with van der Waals surface area (Å²) in [4.78, 5) is 28.9. The predicted octanol–water partition coefficient (Wildman–Crippen LogP) is 8.82. The molecule has 6 rings (SSSR count). The van der Waals surface area contributed by atoms with Crippen LogP contribution in [-0.4, -0.2) is 18.9 Å². The van der Waals surface area contributed by atoms with Gasteiger partial charge in [0.15, 0.2) is 11.5 Å². The van der Waals surface area contributed by atoms with Gasteiger partial charge in [-0.1, -0.05) is 157 Å². The fourth-order valence-electron chi connectivity index (χ4n) is 5.98. The maximum Gasteiger partial charge on any atom is 0.233 e. The quantitative estimate of drug-likeness (QED) is 0.120. The number of carbonyl (C=O) groups is 2. The number of methoxy groups -OCH3 is 1. The minimum absolute atomic E-state index is 0.192. The zero-order chi connectivity index (χ0) is 34.7. The van der Waals surface area contributed by atoms with Gasteiger partial charge in [-0.3, -0.25) is 9.59 Å². The molecule has 0 bridgehead atoms. The predicted molar refractivity (Wildman–Crippen MR) is 197 cm³/mol. The van der Waals surface area contributed by atoms with E-state index in [0.717, 1.165) is 27.8 Å². The van der Waals surface area contributed by atoms with Crippen molar-refractivity contribution in [1.82, 2.24) is 10.6 Å². The Hall–Kier alpha value is -5.85. The summed E-state index contributed by atoms with van der Waals surface area (Å²) in [6.45, 7) is 0.192. The molecule has 0 atom stereocenters. The highest BCUT2D eigenvalue weighted by Crippen LogP contribution is 2.33. The number of halogens is 1. The van der Waals surface area contributed by atoms with E-state index in [1.54, 1.807) is 25.3 Å². The van der Waals surface area contributed by atoms with Gasteiger partial charge in [-0.05, 0) is 46.0 Å². The van der Waals surface area contributed by atoms with Crippen LogP contribution in [0.4, 0.5) is 0 Å². The van der Waals surface area contributed by atoms with E-state index in [1.165, 1.54) is 0 Å². The lowest BCUT2D eigenvalue weighted by molar-refractivity contribution is -0.125. The van der Waals surface area contributed by atoms with E-state index in [4.69, 9.17) is 21.1 Å². The van der Waals surface area contributed by atoms with Crippen LogP contribution in [-0.2, 0) is 16.2 Å². The van der Waals surface area contributed by atoms with Crippen LogP contribution in [0.25, 0.3) is 0 Å². The SMILES string of the molecule is COc1ccc(C(NC(=O)C(c2ccccc2)c2ccccc2)NC(=O)C(c2ccccc2)c2ccccc2)cc1OCc1ccccc1Cl. The molecular weight excluding hydrogens is 644 g/mol. The number of amides is 2. The summed E-state index contributed by atoms with van der Waals surface area (Å²) in [6.07, 6.45) is -0.937. The third kappa shape index (κ3) is 8.23. The Morgan fingerprint density at radius 2 is 0.960 bits per heavy atom. The topological polar surface area (TPSA) is 76.7 Å². The summed E-state index contributed by atoms with van der Waals surface area (Å²) in [7, 11) is 1.56. The van der Waals surface area contributed by atoms with E-state index in [9.17, 15) is 9.59 Å². The first-order chi connectivity index (χ1) is 24.5. The maximum atomic E-state index is 14.4. The van der Waals surface area contributed by atoms with E-state index in [2.05, 4.69) is 10.6 Å². The zero-order valence-corrected chi connectivity index (χ0v) is 28.3. The van der Waals surface area contributed by atoms with Gasteiger partial charge in [-0.2, -0.15) is 0 Å². The van der Waals surface area contributed by atoms with Gasteiger partial charge in [0.1, 0.15) is 12.8 Å². The summed E-state index contributed by atoms with van der Waals surface area (Å²) in [5.41, 5.74) is 4.71. The van der Waals surface area contributed by atoms with Crippen molar-refractivity contribution >= 4 is 23.4 Å². The molecule has 0 unspecified atom stereocenters. The molecule has 6 aromatic rings. The van der Waals surface area contributed by atoms with Gasteiger partial charge in [0.25, 0.3) is 0 Å². The van der Waals surface area contributed by atoms with Gasteiger partial charge in [0, 0.05) is 10.6 Å². The van der Waals surface area contributed by atoms with Crippen molar-refractivity contribution < 1.29 is 19.1 Å². The molecular formula is C43H37ClN2O4. The minimum atomic E-state index is -0.937. The van der Waals surface area contributed by atoms with Crippen LogP contribution < -0.4 is 20.1 Å². The Balaban J connectivity index is 1.39. The molecule has 50 heavy (non-hydrogen) atoms. The number of hydrogen-bond donors (Lipinski definition) is 2. The Morgan fingerprint density at radius 3 is 1.38 bits per heavy atom. The van der Waals surface area contributed by atoms with E-state index in [0.29, 0.717) is 22.1 Å². The molecule has 6 nitrogen and oxygen atoms in total. The molecule has 0 saturated heterocycles. The third-order valence-electron chi connectivity index (χ3n) is 8.49. The smallest absolute Gasteiger partial charge is 0.233 e. The second-order valence-electron chi connectivity index (χ2n) is 11.7. The van der Waals surface area contributed by atoms with E-state index < -0.39 is 18.0 Å². The van der Waals surface area contributed by atoms with Crippen LogP contribution in [0.2, 0.25) is 5.02 Å². The molecule has 0 spiro atoms. The summed E-state index contributed by atoms with van der Waals surface area (Å²) >= 11 is 6.42. The van der Waals surface area contributed by atoms with Gasteiger partial charge in [0.2, 0.25) is 11.8 Å². The first kappa shape index (κ1) is 34.0. The van der Waals surface area contributed by atoms with Crippen LogP contribution >= 0.6 is 11.6 Å². The Bertz CT molecular complexity index is 1830. The molecule has 0 radical (unpaired) electrons. The van der Waals surface area contributed by atoms with Crippen LogP contribution in [0.3, 0.4) is 0 Å². The summed E-state index contributed by atoms with van der Waals surface area (Å²) in [6, 6.07) is 51.2. The second kappa shape index (κ2) is 16.5. The standard InChI is InChI=1S/C43H37ClN2O4/c1-49-37-27-26-34(28-38(37)50-29-35-24-14-15-25-36(35)44)41(45-42(47)39(30-16-6-2-7-17-30)31-18-8-3-9-19-31)46-43(48)40(32-20-10-4-11-21-32)33-22-12-5-13-23-33/h2-28,39-41H,29H2,1H3,(H,45,47)(H,46,48). The fourth-order valence-corrected chi connectivity index (χ4v) is 6.17. The highest BCUT2D eigenvalue weighted by Gasteiger charge is 2.30. The van der Waals surface area contributed by atoms with Crippen LogP contribution in [0.15, 0.2) is 164 Å². The van der Waals surface area contributed by atoms with Gasteiger partial charge in [0.05, 0.1) is 18.9 Å². The van der Waals surface area contributed by atoms with Crippen LogP contribution in [0.1, 0.15) is 51.4 Å². The van der Waals surface area contributed by atoms with Crippen molar-refractivity contribution in [1.29, 1.82) is 0 Å². The lowest BCUT2D eigenvalue weighted by atomic mass is 9.89. The van der Waals surface area contributed by atoms with Crippen LogP contribution in [0.5, 0.6) is 11.5 Å². The third-order valence-corrected chi connectivity index (χ3v) is 8.86. The number of rotatable bonds is 13. The molecule has 0 heterocycles. The molecule has 0 aliphatic carbocycles. The lowest BCUT2D eigenvalue weighted by Gasteiger charge is -2.27. The van der Waals surface area contributed by atoms with Crippen molar-refractivity contribution in [2.75, 3.05) is 7.11 Å². The fraction of sp³-hybridized carbons (Fsp3) is 0.116. The number of carbonyl (C=O) groups excluding carboxylic acids is 2. The number of nitrogens with one attached hydrogen (secondary N) is 2. The average molecular weight is 681 g/mol. The molecule has 2 amide bonds. The first-order valence-corrected chi connectivity index (χ1v) is 16.7. The zero-order valence-electron chi connectivity index (χ0n) is 27.5.